The van der Waals surface area contributed by atoms with Crippen molar-refractivity contribution in [2.45, 2.75) is 99.5 Å². The average molecular weight is 527 g/mol. The molecular weight excluding hydrogens is 476 g/mol. The normalized spacial score (nSPS) is 35.0. The molecule has 1 fully saturated rings. The molecule has 7 atom stereocenters. The first kappa shape index (κ1) is 30.4. The van der Waals surface area contributed by atoms with Gasteiger partial charge in [0.15, 0.2) is 0 Å². The minimum atomic E-state index is -0.829. The SMILES string of the molecule is C=C(CC[C@@H](C(=O)O)C1[C@H](O)C[C@@]2(C)C3=CC[C@@H](C(=C)C)[C@](C)(CCC(=O)OCC)C3=CC[C@]12C)C(C)C. The van der Waals surface area contributed by atoms with Crippen LogP contribution in [0.1, 0.15) is 93.4 Å². The number of hydrogen-bond donors (Lipinski definition) is 2. The highest BCUT2D eigenvalue weighted by Crippen LogP contribution is 2.70. The van der Waals surface area contributed by atoms with Gasteiger partial charge in [-0.25, -0.2) is 0 Å². The van der Waals surface area contributed by atoms with Gasteiger partial charge < -0.3 is 14.9 Å². The molecule has 3 rings (SSSR count). The second-order valence-corrected chi connectivity index (χ2v) is 13.1. The van der Waals surface area contributed by atoms with Crippen molar-refractivity contribution in [1.82, 2.24) is 0 Å². The number of carbonyl (C=O) groups excluding carboxylic acids is 1. The molecule has 0 aliphatic heterocycles. The van der Waals surface area contributed by atoms with E-state index in [2.05, 4.69) is 66.9 Å². The lowest BCUT2D eigenvalue weighted by molar-refractivity contribution is -0.148. The van der Waals surface area contributed by atoms with Gasteiger partial charge in [-0.2, -0.15) is 0 Å². The Balaban J connectivity index is 2.02. The van der Waals surface area contributed by atoms with Crippen molar-refractivity contribution in [3.63, 3.8) is 0 Å². The van der Waals surface area contributed by atoms with Gasteiger partial charge in [-0.05, 0) is 86.2 Å². The molecule has 0 heterocycles. The minimum Gasteiger partial charge on any atom is -0.481 e. The summed E-state index contributed by atoms with van der Waals surface area (Å²) in [4.78, 5) is 25.0. The Morgan fingerprint density at radius 1 is 1.13 bits per heavy atom. The fourth-order valence-electron chi connectivity index (χ4n) is 8.08. The second-order valence-electron chi connectivity index (χ2n) is 13.1. The number of fused-ring (bicyclic) bond motifs is 3. The number of ether oxygens (including phenoxy) is 1. The topological polar surface area (TPSA) is 83.8 Å². The molecule has 1 unspecified atom stereocenters. The predicted molar refractivity (Wildman–Crippen MR) is 152 cm³/mol. The Bertz CT molecular complexity index is 1030. The van der Waals surface area contributed by atoms with Gasteiger partial charge in [-0.15, -0.1) is 0 Å². The third-order valence-corrected chi connectivity index (χ3v) is 10.7. The van der Waals surface area contributed by atoms with Crippen molar-refractivity contribution in [3.05, 3.63) is 47.6 Å². The van der Waals surface area contributed by atoms with Crippen LogP contribution in [0, 0.1) is 39.9 Å². The van der Waals surface area contributed by atoms with Gasteiger partial charge in [0.25, 0.3) is 0 Å². The molecule has 5 heteroatoms. The molecule has 0 radical (unpaired) electrons. The maximum absolute atomic E-state index is 12.6. The van der Waals surface area contributed by atoms with E-state index in [1.165, 1.54) is 11.1 Å². The molecule has 3 aliphatic rings. The summed E-state index contributed by atoms with van der Waals surface area (Å²) in [5, 5.41) is 21.9. The maximum Gasteiger partial charge on any atom is 0.306 e. The van der Waals surface area contributed by atoms with Crippen LogP contribution >= 0.6 is 0 Å². The van der Waals surface area contributed by atoms with Crippen LogP contribution in [0.2, 0.25) is 0 Å². The number of esters is 1. The minimum absolute atomic E-state index is 0.179. The van der Waals surface area contributed by atoms with E-state index >= 15 is 0 Å². The maximum atomic E-state index is 12.6. The third-order valence-electron chi connectivity index (χ3n) is 10.7. The molecule has 38 heavy (non-hydrogen) atoms. The summed E-state index contributed by atoms with van der Waals surface area (Å²) in [5.74, 6) is -1.49. The molecule has 2 N–H and O–H groups in total. The summed E-state index contributed by atoms with van der Waals surface area (Å²) in [5.41, 5.74) is 3.59. The zero-order valence-electron chi connectivity index (χ0n) is 24.7. The highest BCUT2D eigenvalue weighted by molar-refractivity contribution is 5.71. The zero-order chi connectivity index (χ0) is 28.6. The Labute approximate surface area is 230 Å². The van der Waals surface area contributed by atoms with Crippen molar-refractivity contribution in [2.75, 3.05) is 6.61 Å². The Morgan fingerprint density at radius 2 is 1.79 bits per heavy atom. The van der Waals surface area contributed by atoms with Crippen LogP contribution in [-0.2, 0) is 14.3 Å². The quantitative estimate of drug-likeness (QED) is 0.218. The number of aliphatic hydroxyl groups is 1. The zero-order valence-corrected chi connectivity index (χ0v) is 24.7. The summed E-state index contributed by atoms with van der Waals surface area (Å²) >= 11 is 0. The number of allylic oxidation sites excluding steroid dienone is 6. The van der Waals surface area contributed by atoms with Crippen molar-refractivity contribution in [2.24, 2.45) is 39.9 Å². The molecule has 3 aliphatic carbocycles. The largest absolute Gasteiger partial charge is 0.481 e. The third kappa shape index (κ3) is 5.08. The van der Waals surface area contributed by atoms with E-state index in [-0.39, 0.29) is 28.6 Å². The highest BCUT2D eigenvalue weighted by Gasteiger charge is 2.65. The standard InChI is InChI=1S/C33H50O5/c1-10-38-28(35)16-17-31(7)24(21(4)5)13-14-26-25(31)15-18-32(8)29(27(34)19-33(26,32)9)23(30(36)37)12-11-22(6)20(2)3/h14-15,20,23-24,27,29,34H,4,6,10-13,16-19H2,1-3,5,7-9H3,(H,36,37)/t23-,24+,27-,29?,31+,32-,33+/m1/s1. The van der Waals surface area contributed by atoms with Gasteiger partial charge in [-0.1, -0.05) is 71.1 Å². The molecule has 0 saturated heterocycles. The van der Waals surface area contributed by atoms with Crippen LogP contribution in [0.25, 0.3) is 0 Å². The van der Waals surface area contributed by atoms with Crippen molar-refractivity contribution < 1.29 is 24.5 Å². The van der Waals surface area contributed by atoms with E-state index in [1.807, 2.05) is 6.92 Å². The first-order chi connectivity index (χ1) is 17.6. The molecular formula is C33H50O5. The van der Waals surface area contributed by atoms with E-state index in [9.17, 15) is 19.8 Å². The highest BCUT2D eigenvalue weighted by atomic mass is 16.5. The fourth-order valence-corrected chi connectivity index (χ4v) is 8.08. The predicted octanol–water partition coefficient (Wildman–Crippen LogP) is 7.28. The van der Waals surface area contributed by atoms with Crippen LogP contribution in [0.4, 0.5) is 0 Å². The van der Waals surface area contributed by atoms with Crippen molar-refractivity contribution in [1.29, 1.82) is 0 Å². The van der Waals surface area contributed by atoms with Gasteiger partial charge in [0.2, 0.25) is 0 Å². The second kappa shape index (κ2) is 11.2. The van der Waals surface area contributed by atoms with Gasteiger partial charge >= 0.3 is 11.9 Å². The number of hydrogen-bond acceptors (Lipinski definition) is 4. The van der Waals surface area contributed by atoms with Gasteiger partial charge in [0, 0.05) is 17.8 Å². The van der Waals surface area contributed by atoms with E-state index in [1.54, 1.807) is 0 Å². The van der Waals surface area contributed by atoms with Crippen LogP contribution in [0.5, 0.6) is 0 Å². The van der Waals surface area contributed by atoms with Gasteiger partial charge in [0.1, 0.15) is 0 Å². The summed E-state index contributed by atoms with van der Waals surface area (Å²) < 4.78 is 5.26. The molecule has 5 nitrogen and oxygen atoms in total. The molecule has 0 bridgehead atoms. The van der Waals surface area contributed by atoms with Crippen molar-refractivity contribution >= 4 is 11.9 Å². The molecule has 1 saturated carbocycles. The first-order valence-electron chi connectivity index (χ1n) is 14.4. The molecule has 212 valence electrons. The molecule has 0 amide bonds. The van der Waals surface area contributed by atoms with Gasteiger partial charge in [-0.3, -0.25) is 9.59 Å². The van der Waals surface area contributed by atoms with Crippen LogP contribution < -0.4 is 0 Å². The lowest BCUT2D eigenvalue weighted by Crippen LogP contribution is -2.48. The van der Waals surface area contributed by atoms with E-state index < -0.39 is 23.4 Å². The molecule has 0 aromatic carbocycles. The van der Waals surface area contributed by atoms with Crippen LogP contribution in [0.15, 0.2) is 47.6 Å². The van der Waals surface area contributed by atoms with Crippen LogP contribution in [0.3, 0.4) is 0 Å². The summed E-state index contributed by atoms with van der Waals surface area (Å²) in [6, 6.07) is 0. The number of aliphatic carboxylic acids is 1. The first-order valence-corrected chi connectivity index (χ1v) is 14.4. The lowest BCUT2D eigenvalue weighted by atomic mass is 9.48. The number of carboxylic acid groups (broad SMARTS) is 1. The van der Waals surface area contributed by atoms with Crippen molar-refractivity contribution in [3.8, 4) is 0 Å². The van der Waals surface area contributed by atoms with E-state index in [4.69, 9.17) is 4.74 Å². The number of rotatable bonds is 11. The summed E-state index contributed by atoms with van der Waals surface area (Å²) in [6.45, 7) is 23.6. The number of carboxylic acids is 1. The Kier molecular flexibility index (Phi) is 8.92. The number of aliphatic hydroxyl groups excluding tert-OH is 1. The number of carbonyl (C=O) groups is 2. The van der Waals surface area contributed by atoms with Crippen LogP contribution in [-0.4, -0.2) is 34.9 Å². The lowest BCUT2D eigenvalue weighted by Gasteiger charge is -2.56. The summed E-state index contributed by atoms with van der Waals surface area (Å²) in [7, 11) is 0. The van der Waals surface area contributed by atoms with E-state index in [0.717, 1.165) is 17.6 Å². The molecule has 0 spiro atoms. The van der Waals surface area contributed by atoms with Gasteiger partial charge in [0.05, 0.1) is 18.6 Å². The fraction of sp³-hybridized carbons (Fsp3) is 0.697. The average Bonchev–Trinajstić information content (AvgIpc) is 3.03. The Hall–Kier alpha value is -2.14. The summed E-state index contributed by atoms with van der Waals surface area (Å²) in [6.07, 6.45) is 8.14. The van der Waals surface area contributed by atoms with E-state index in [0.29, 0.717) is 51.0 Å². The Morgan fingerprint density at radius 3 is 2.34 bits per heavy atom. The smallest absolute Gasteiger partial charge is 0.306 e. The monoisotopic (exact) mass is 526 g/mol. The molecule has 0 aromatic heterocycles. The molecule has 0 aromatic rings.